The second kappa shape index (κ2) is 4.49. The van der Waals surface area contributed by atoms with Crippen LogP contribution in [0.3, 0.4) is 0 Å². The molecule has 0 bridgehead atoms. The molecule has 1 aromatic rings. The third kappa shape index (κ3) is 3.09. The molecule has 84 valence electrons. The molecule has 0 unspecified atom stereocenters. The summed E-state index contributed by atoms with van der Waals surface area (Å²) in [6, 6.07) is 3.84. The minimum atomic E-state index is -0.709. The summed E-state index contributed by atoms with van der Waals surface area (Å²) >= 11 is 0. The third-order valence-corrected chi connectivity index (χ3v) is 2.39. The third-order valence-electron chi connectivity index (χ3n) is 2.39. The summed E-state index contributed by atoms with van der Waals surface area (Å²) in [4.78, 5) is 11.0. The van der Waals surface area contributed by atoms with Crippen molar-refractivity contribution in [1.82, 2.24) is 5.32 Å². The number of carbonyl (C=O) groups excluding carboxylic acids is 1. The molecule has 0 spiro atoms. The maximum absolute atomic E-state index is 11.0. The normalized spacial score (nSPS) is 11.7. The summed E-state index contributed by atoms with van der Waals surface area (Å²) in [6.45, 7) is 6.04. The fourth-order valence-corrected chi connectivity index (χ4v) is 1.10. The van der Waals surface area contributed by atoms with E-state index in [1.807, 2.05) is 19.1 Å². The Morgan fingerprint density at radius 1 is 1.47 bits per heavy atom. The van der Waals surface area contributed by atoms with Crippen LogP contribution >= 0.6 is 0 Å². The molecule has 0 fully saturated rings. The Balaban J connectivity index is 2.53. The molecule has 0 aliphatic heterocycles. The van der Waals surface area contributed by atoms with Gasteiger partial charge >= 0.3 is 0 Å². The number of hydrogen-bond donors (Lipinski definition) is 2. The highest BCUT2D eigenvalue weighted by atomic mass is 16.3. The van der Waals surface area contributed by atoms with Gasteiger partial charge in [-0.1, -0.05) is 6.92 Å². The van der Waals surface area contributed by atoms with Gasteiger partial charge in [-0.05, 0) is 26.0 Å². The molecule has 4 heteroatoms. The van der Waals surface area contributed by atoms with E-state index in [4.69, 9.17) is 10.2 Å². The smallest absolute Gasteiger partial charge is 0.237 e. The van der Waals surface area contributed by atoms with E-state index in [0.717, 1.165) is 17.9 Å². The summed E-state index contributed by atoms with van der Waals surface area (Å²) < 4.78 is 5.49. The number of nitrogens with one attached hydrogen (secondary N) is 1. The number of carbonyl (C=O) groups is 1. The Kier molecular flexibility index (Phi) is 3.52. The van der Waals surface area contributed by atoms with Gasteiger partial charge < -0.3 is 10.2 Å². The topological polar surface area (TPSA) is 68.3 Å². The number of primary amides is 1. The number of aryl methyl sites for hydroxylation is 1. The summed E-state index contributed by atoms with van der Waals surface area (Å²) in [6.07, 6.45) is 0.874. The van der Waals surface area contributed by atoms with E-state index in [-0.39, 0.29) is 5.91 Å². The first kappa shape index (κ1) is 11.8. The van der Waals surface area contributed by atoms with Crippen LogP contribution in [0.5, 0.6) is 0 Å². The van der Waals surface area contributed by atoms with Crippen LogP contribution in [0.2, 0.25) is 0 Å². The van der Waals surface area contributed by atoms with Crippen LogP contribution in [0.25, 0.3) is 0 Å². The lowest BCUT2D eigenvalue weighted by atomic mass is 10.1. The minimum Gasteiger partial charge on any atom is -0.465 e. The number of furan rings is 1. The van der Waals surface area contributed by atoms with Crippen LogP contribution in [0, 0.1) is 0 Å². The van der Waals surface area contributed by atoms with Gasteiger partial charge in [-0.3, -0.25) is 10.1 Å². The van der Waals surface area contributed by atoms with E-state index < -0.39 is 5.54 Å². The number of amides is 1. The van der Waals surface area contributed by atoms with Crippen molar-refractivity contribution in [2.45, 2.75) is 39.3 Å². The zero-order valence-corrected chi connectivity index (χ0v) is 9.46. The lowest BCUT2D eigenvalue weighted by molar-refractivity contribution is -0.123. The maximum Gasteiger partial charge on any atom is 0.237 e. The first-order valence-corrected chi connectivity index (χ1v) is 5.08. The molecule has 0 atom stereocenters. The van der Waals surface area contributed by atoms with Crippen molar-refractivity contribution in [1.29, 1.82) is 0 Å². The van der Waals surface area contributed by atoms with Crippen LogP contribution < -0.4 is 11.1 Å². The van der Waals surface area contributed by atoms with Crippen molar-refractivity contribution in [3.8, 4) is 0 Å². The zero-order valence-electron chi connectivity index (χ0n) is 9.46. The number of hydrogen-bond acceptors (Lipinski definition) is 3. The Hall–Kier alpha value is -1.29. The van der Waals surface area contributed by atoms with Gasteiger partial charge in [-0.25, -0.2) is 0 Å². The van der Waals surface area contributed by atoms with Gasteiger partial charge in [-0.15, -0.1) is 0 Å². The summed E-state index contributed by atoms with van der Waals surface area (Å²) in [5.74, 6) is 1.40. The summed E-state index contributed by atoms with van der Waals surface area (Å²) in [5.41, 5.74) is 4.52. The van der Waals surface area contributed by atoms with Crippen LogP contribution in [-0.4, -0.2) is 11.4 Å². The Labute approximate surface area is 89.8 Å². The molecule has 0 aliphatic rings. The molecular formula is C11H18N2O2. The molecule has 4 nitrogen and oxygen atoms in total. The molecule has 1 rings (SSSR count). The minimum absolute atomic E-state index is 0.371. The molecule has 1 amide bonds. The molecule has 0 aliphatic carbocycles. The van der Waals surface area contributed by atoms with Crippen molar-refractivity contribution in [2.75, 3.05) is 0 Å². The predicted octanol–water partition coefficient (Wildman–Crippen LogP) is 1.20. The lowest BCUT2D eigenvalue weighted by Crippen LogP contribution is -2.50. The van der Waals surface area contributed by atoms with E-state index in [1.165, 1.54) is 0 Å². The van der Waals surface area contributed by atoms with Crippen molar-refractivity contribution < 1.29 is 9.21 Å². The standard InChI is InChI=1S/C11H18N2O2/c1-4-8-5-6-9(15-8)7-13-11(2,3)10(12)14/h5-6,13H,4,7H2,1-3H3,(H2,12,14). The zero-order chi connectivity index (χ0) is 11.5. The van der Waals surface area contributed by atoms with Crippen molar-refractivity contribution in [2.24, 2.45) is 5.73 Å². The Morgan fingerprint density at radius 3 is 2.53 bits per heavy atom. The highest BCUT2D eigenvalue weighted by molar-refractivity contribution is 5.83. The van der Waals surface area contributed by atoms with E-state index in [2.05, 4.69) is 5.32 Å². The number of nitrogens with two attached hydrogens (primary N) is 1. The van der Waals surface area contributed by atoms with Gasteiger partial charge in [0.1, 0.15) is 11.5 Å². The van der Waals surface area contributed by atoms with Crippen LogP contribution in [-0.2, 0) is 17.8 Å². The average molecular weight is 210 g/mol. The molecule has 0 radical (unpaired) electrons. The summed E-state index contributed by atoms with van der Waals surface area (Å²) in [7, 11) is 0. The van der Waals surface area contributed by atoms with Gasteiger partial charge in [0.05, 0.1) is 12.1 Å². The van der Waals surface area contributed by atoms with Gasteiger partial charge in [0.2, 0.25) is 5.91 Å². The average Bonchev–Trinajstić information content (AvgIpc) is 2.62. The highest BCUT2D eigenvalue weighted by Crippen LogP contribution is 2.10. The quantitative estimate of drug-likeness (QED) is 0.767. The largest absolute Gasteiger partial charge is 0.465 e. The van der Waals surface area contributed by atoms with Gasteiger partial charge in [-0.2, -0.15) is 0 Å². The van der Waals surface area contributed by atoms with E-state index in [1.54, 1.807) is 13.8 Å². The van der Waals surface area contributed by atoms with Crippen molar-refractivity contribution in [3.05, 3.63) is 23.7 Å². The van der Waals surface area contributed by atoms with Crippen LogP contribution in [0.15, 0.2) is 16.5 Å². The molecule has 3 N–H and O–H groups in total. The SMILES string of the molecule is CCc1ccc(CNC(C)(C)C(N)=O)o1. The highest BCUT2D eigenvalue weighted by Gasteiger charge is 2.23. The number of rotatable bonds is 5. The second-order valence-electron chi connectivity index (χ2n) is 4.06. The Morgan fingerprint density at radius 2 is 2.07 bits per heavy atom. The lowest BCUT2D eigenvalue weighted by Gasteiger charge is -2.21. The molecule has 0 saturated heterocycles. The van der Waals surface area contributed by atoms with Gasteiger partial charge in [0.15, 0.2) is 0 Å². The van der Waals surface area contributed by atoms with E-state index >= 15 is 0 Å². The van der Waals surface area contributed by atoms with Crippen molar-refractivity contribution in [3.63, 3.8) is 0 Å². The molecule has 15 heavy (non-hydrogen) atoms. The predicted molar refractivity (Wildman–Crippen MR) is 58.2 cm³/mol. The maximum atomic E-state index is 11.0. The summed E-state index contributed by atoms with van der Waals surface area (Å²) in [5, 5.41) is 3.04. The van der Waals surface area contributed by atoms with Crippen molar-refractivity contribution >= 4 is 5.91 Å². The fourth-order valence-electron chi connectivity index (χ4n) is 1.10. The second-order valence-corrected chi connectivity index (χ2v) is 4.06. The van der Waals surface area contributed by atoms with Gasteiger partial charge in [0, 0.05) is 6.42 Å². The van der Waals surface area contributed by atoms with Crippen LogP contribution in [0.4, 0.5) is 0 Å². The first-order chi connectivity index (χ1) is 6.95. The molecule has 1 heterocycles. The molecule has 1 aromatic heterocycles. The van der Waals surface area contributed by atoms with Gasteiger partial charge in [0.25, 0.3) is 0 Å². The monoisotopic (exact) mass is 210 g/mol. The van der Waals surface area contributed by atoms with E-state index in [9.17, 15) is 4.79 Å². The van der Waals surface area contributed by atoms with Crippen LogP contribution in [0.1, 0.15) is 32.3 Å². The molecular weight excluding hydrogens is 192 g/mol. The Bertz CT molecular complexity index is 342. The van der Waals surface area contributed by atoms with E-state index in [0.29, 0.717) is 6.54 Å². The molecule has 0 saturated carbocycles. The fraction of sp³-hybridized carbons (Fsp3) is 0.545. The molecule has 0 aromatic carbocycles. The first-order valence-electron chi connectivity index (χ1n) is 5.08.